The summed E-state index contributed by atoms with van der Waals surface area (Å²) in [4.78, 5) is 12.0. The number of ether oxygens (including phenoxy) is 1. The van der Waals surface area contributed by atoms with Gasteiger partial charge in [-0.1, -0.05) is 38.1 Å². The molecule has 2 aromatic rings. The van der Waals surface area contributed by atoms with Crippen molar-refractivity contribution in [3.63, 3.8) is 0 Å². The third-order valence-corrected chi connectivity index (χ3v) is 4.96. The summed E-state index contributed by atoms with van der Waals surface area (Å²) in [6.07, 6.45) is 3.59. The van der Waals surface area contributed by atoms with Crippen LogP contribution in [0.15, 0.2) is 36.4 Å². The molecule has 1 saturated carbocycles. The molecule has 0 radical (unpaired) electrons. The van der Waals surface area contributed by atoms with Crippen LogP contribution in [0.25, 0.3) is 0 Å². The van der Waals surface area contributed by atoms with E-state index in [9.17, 15) is 10.0 Å². The van der Waals surface area contributed by atoms with Crippen LogP contribution >= 0.6 is 0 Å². The molecule has 1 aliphatic carbocycles. The summed E-state index contributed by atoms with van der Waals surface area (Å²) in [5.41, 5.74) is 4.88. The first-order valence-electron chi connectivity index (χ1n) is 9.40. The normalized spacial score (nSPS) is 13.5. The fraction of sp³-hybridized carbons (Fsp3) is 0.409. The second kappa shape index (κ2) is 7.92. The minimum Gasteiger partial charge on any atom is -0.489 e. The molecule has 4 nitrogen and oxygen atoms in total. The van der Waals surface area contributed by atoms with Crippen molar-refractivity contribution in [2.75, 3.05) is 5.06 Å². The molecule has 1 aliphatic rings. The van der Waals surface area contributed by atoms with Crippen LogP contribution in [0.1, 0.15) is 61.3 Å². The van der Waals surface area contributed by atoms with Gasteiger partial charge in [-0.25, -0.2) is 0 Å². The minimum atomic E-state index is -0.317. The van der Waals surface area contributed by atoms with Crippen molar-refractivity contribution >= 4 is 11.6 Å². The number of anilines is 1. The zero-order valence-electron chi connectivity index (χ0n) is 15.8. The topological polar surface area (TPSA) is 49.8 Å². The van der Waals surface area contributed by atoms with Crippen LogP contribution in [-0.4, -0.2) is 11.1 Å². The van der Waals surface area contributed by atoms with E-state index in [0.717, 1.165) is 28.4 Å². The summed E-state index contributed by atoms with van der Waals surface area (Å²) in [5, 5.41) is 11.1. The lowest BCUT2D eigenvalue weighted by Crippen LogP contribution is -2.27. The lowest BCUT2D eigenvalue weighted by atomic mass is 10.1. The Kier molecular flexibility index (Phi) is 5.62. The van der Waals surface area contributed by atoms with E-state index in [1.165, 1.54) is 24.0 Å². The number of benzene rings is 2. The van der Waals surface area contributed by atoms with Crippen LogP contribution in [0, 0.1) is 6.92 Å². The highest BCUT2D eigenvalue weighted by Gasteiger charge is 2.26. The summed E-state index contributed by atoms with van der Waals surface area (Å²) in [6.45, 7) is 6.21. The Hall–Kier alpha value is -2.33. The van der Waals surface area contributed by atoms with E-state index in [-0.39, 0.29) is 12.3 Å². The van der Waals surface area contributed by atoms with Gasteiger partial charge in [-0.2, -0.15) is 5.06 Å². The summed E-state index contributed by atoms with van der Waals surface area (Å²) >= 11 is 0. The van der Waals surface area contributed by atoms with Gasteiger partial charge in [0.2, 0.25) is 5.91 Å². The Bertz CT molecular complexity index is 796. The highest BCUT2D eigenvalue weighted by Crippen LogP contribution is 2.41. The molecular formula is C22H27NO3. The predicted octanol–water partition coefficient (Wildman–Crippen LogP) is 5.15. The fourth-order valence-electron chi connectivity index (χ4n) is 3.10. The number of hydrogen-bond donors (Lipinski definition) is 1. The first-order valence-corrected chi connectivity index (χ1v) is 9.40. The fourth-order valence-corrected chi connectivity index (χ4v) is 3.10. The summed E-state index contributed by atoms with van der Waals surface area (Å²) in [7, 11) is 0. The van der Waals surface area contributed by atoms with Crippen LogP contribution in [0.3, 0.4) is 0 Å². The monoisotopic (exact) mass is 353 g/mol. The number of carbonyl (C=O) groups excluding carboxylic acids is 1. The SMILES string of the molecule is CCC(=O)N(O)c1cc(C2CC2)ccc1COc1ccc(CC)cc1C. The predicted molar refractivity (Wildman–Crippen MR) is 103 cm³/mol. The molecule has 0 saturated heterocycles. The molecule has 0 aliphatic heterocycles. The summed E-state index contributed by atoms with van der Waals surface area (Å²) in [6, 6.07) is 12.2. The highest BCUT2D eigenvalue weighted by atomic mass is 16.5. The third-order valence-electron chi connectivity index (χ3n) is 4.96. The molecule has 0 aromatic heterocycles. The van der Waals surface area contributed by atoms with E-state index in [1.807, 2.05) is 25.1 Å². The maximum atomic E-state index is 12.0. The number of nitrogens with zero attached hydrogens (tertiary/aromatic N) is 1. The molecule has 138 valence electrons. The molecule has 1 amide bonds. The Morgan fingerprint density at radius 2 is 1.96 bits per heavy atom. The van der Waals surface area contributed by atoms with Gasteiger partial charge < -0.3 is 4.74 Å². The van der Waals surface area contributed by atoms with Crippen molar-refractivity contribution in [2.45, 2.75) is 59.0 Å². The van der Waals surface area contributed by atoms with Crippen molar-refractivity contribution in [2.24, 2.45) is 0 Å². The van der Waals surface area contributed by atoms with Gasteiger partial charge in [-0.05, 0) is 60.9 Å². The Morgan fingerprint density at radius 1 is 1.19 bits per heavy atom. The summed E-state index contributed by atoms with van der Waals surface area (Å²) in [5.74, 6) is 1.06. The number of hydrogen-bond acceptors (Lipinski definition) is 3. The second-order valence-corrected chi connectivity index (χ2v) is 6.96. The number of aryl methyl sites for hydroxylation is 2. The van der Waals surface area contributed by atoms with Gasteiger partial charge >= 0.3 is 0 Å². The third kappa shape index (κ3) is 4.07. The number of carbonyl (C=O) groups is 1. The van der Waals surface area contributed by atoms with Crippen LogP contribution in [0.5, 0.6) is 5.75 Å². The van der Waals surface area contributed by atoms with Crippen LogP contribution in [0.2, 0.25) is 0 Å². The molecule has 26 heavy (non-hydrogen) atoms. The van der Waals surface area contributed by atoms with Crippen molar-refractivity contribution in [3.8, 4) is 5.75 Å². The van der Waals surface area contributed by atoms with Gasteiger partial charge in [0.05, 0.1) is 5.69 Å². The molecule has 0 atom stereocenters. The van der Waals surface area contributed by atoms with Crippen molar-refractivity contribution in [3.05, 3.63) is 58.7 Å². The van der Waals surface area contributed by atoms with E-state index in [1.54, 1.807) is 6.92 Å². The van der Waals surface area contributed by atoms with E-state index >= 15 is 0 Å². The quantitative estimate of drug-likeness (QED) is 0.553. The number of hydroxylamine groups is 1. The van der Waals surface area contributed by atoms with E-state index in [0.29, 0.717) is 18.2 Å². The number of rotatable bonds is 7. The molecule has 2 aromatic carbocycles. The molecule has 1 N–H and O–H groups in total. The van der Waals surface area contributed by atoms with Gasteiger partial charge in [-0.3, -0.25) is 10.0 Å². The van der Waals surface area contributed by atoms with Gasteiger partial charge in [-0.15, -0.1) is 0 Å². The smallest absolute Gasteiger partial charge is 0.250 e. The Morgan fingerprint density at radius 3 is 2.58 bits per heavy atom. The molecule has 0 bridgehead atoms. The average molecular weight is 353 g/mol. The largest absolute Gasteiger partial charge is 0.489 e. The Labute approximate surface area is 155 Å². The zero-order valence-corrected chi connectivity index (χ0v) is 15.8. The van der Waals surface area contributed by atoms with Gasteiger partial charge in [0.1, 0.15) is 12.4 Å². The first kappa shape index (κ1) is 18.5. The molecule has 4 heteroatoms. The first-order chi connectivity index (χ1) is 12.5. The zero-order chi connectivity index (χ0) is 18.7. The van der Waals surface area contributed by atoms with E-state index < -0.39 is 0 Å². The van der Waals surface area contributed by atoms with Crippen LogP contribution in [0.4, 0.5) is 5.69 Å². The molecule has 0 unspecified atom stereocenters. The molecule has 3 rings (SSSR count). The molecular weight excluding hydrogens is 326 g/mol. The lowest BCUT2D eigenvalue weighted by Gasteiger charge is -2.20. The molecule has 0 spiro atoms. The lowest BCUT2D eigenvalue weighted by molar-refractivity contribution is -0.123. The van der Waals surface area contributed by atoms with E-state index in [4.69, 9.17) is 4.74 Å². The van der Waals surface area contributed by atoms with Crippen LogP contribution in [-0.2, 0) is 17.8 Å². The number of amides is 1. The van der Waals surface area contributed by atoms with Crippen molar-refractivity contribution in [1.82, 2.24) is 0 Å². The average Bonchev–Trinajstić information content (AvgIpc) is 3.51. The maximum Gasteiger partial charge on any atom is 0.250 e. The highest BCUT2D eigenvalue weighted by molar-refractivity contribution is 5.91. The van der Waals surface area contributed by atoms with Gasteiger partial charge in [0, 0.05) is 12.0 Å². The standard InChI is InChI=1S/C22H27NO3/c1-4-16-6-11-21(15(3)12-16)26-14-19-10-9-18(17-7-8-17)13-20(19)23(25)22(24)5-2/h6,9-13,17,25H,4-5,7-8,14H2,1-3H3. The van der Waals surface area contributed by atoms with Crippen molar-refractivity contribution < 1.29 is 14.7 Å². The molecule has 0 heterocycles. The van der Waals surface area contributed by atoms with Crippen LogP contribution < -0.4 is 9.80 Å². The Balaban J connectivity index is 1.83. The maximum absolute atomic E-state index is 12.0. The van der Waals surface area contributed by atoms with Gasteiger partial charge in [0.25, 0.3) is 0 Å². The van der Waals surface area contributed by atoms with Crippen molar-refractivity contribution in [1.29, 1.82) is 0 Å². The summed E-state index contributed by atoms with van der Waals surface area (Å²) < 4.78 is 5.99. The molecule has 1 fully saturated rings. The second-order valence-electron chi connectivity index (χ2n) is 6.96. The minimum absolute atomic E-state index is 0.252. The van der Waals surface area contributed by atoms with Gasteiger partial charge in [0.15, 0.2) is 0 Å². The van der Waals surface area contributed by atoms with E-state index in [2.05, 4.69) is 25.1 Å².